The molecule has 5 aliphatic rings. The van der Waals surface area contributed by atoms with Gasteiger partial charge in [-0.3, -0.25) is 19.7 Å². The molecule has 23 heteroatoms. The molecule has 5 fully saturated rings. The molecule has 6 heterocycles. The van der Waals surface area contributed by atoms with Crippen molar-refractivity contribution in [3.63, 3.8) is 0 Å². The first-order valence-electron chi connectivity index (χ1n) is 24.4. The van der Waals surface area contributed by atoms with Crippen LogP contribution in [0.1, 0.15) is 115 Å². The van der Waals surface area contributed by atoms with E-state index in [1.54, 1.807) is 48.0 Å². The minimum Gasteiger partial charge on any atom is -0.381 e. The van der Waals surface area contributed by atoms with Gasteiger partial charge in [0.1, 0.15) is 17.5 Å². The summed E-state index contributed by atoms with van der Waals surface area (Å²) in [4.78, 5) is 11.9. The number of carbonyl (C=O) groups excluding carboxylic acids is 1. The Labute approximate surface area is 454 Å². The molecule has 0 aliphatic carbocycles. The average molecular weight is 1140 g/mol. The molecule has 0 saturated carbocycles. The van der Waals surface area contributed by atoms with Gasteiger partial charge in [0.05, 0.1) is 75.7 Å². The van der Waals surface area contributed by atoms with Crippen molar-refractivity contribution in [1.29, 1.82) is 0 Å². The Morgan fingerprint density at radius 1 is 0.724 bits per heavy atom. The molecule has 2 atom stereocenters. The Balaban J connectivity index is 0.000000197. The maximum Gasteiger partial charge on any atom is 0.288 e. The monoisotopic (exact) mass is 1140 g/mol. The number of benzene rings is 4. The maximum atomic E-state index is 14.4. The minimum atomic E-state index is -4.05. The number of amides is 1. The van der Waals surface area contributed by atoms with Gasteiger partial charge in [-0.1, -0.05) is 103 Å². The van der Waals surface area contributed by atoms with E-state index in [1.807, 2.05) is 47.0 Å². The number of nitrogen functional groups attached to an aromatic ring is 1. The Hall–Kier alpha value is -4.81. The summed E-state index contributed by atoms with van der Waals surface area (Å²) in [7, 11) is -6.26. The first kappa shape index (κ1) is 60.4. The minimum absolute atomic E-state index is 0. The number of fused-ring (bicyclic) bond motifs is 3. The second-order valence-corrected chi connectivity index (χ2v) is 25.6. The number of nitrogens with zero attached hydrogens (tertiary/aromatic N) is 3. The lowest BCUT2D eigenvalue weighted by Gasteiger charge is -2.53. The fourth-order valence-corrected chi connectivity index (χ4v) is 11.2. The van der Waals surface area contributed by atoms with Crippen molar-refractivity contribution in [2.45, 2.75) is 114 Å². The molecule has 416 valence electrons. The van der Waals surface area contributed by atoms with Crippen LogP contribution in [0.2, 0.25) is 10.0 Å². The molecule has 4 aromatic carbocycles. The second-order valence-electron chi connectivity index (χ2n) is 21.4. The SMILES string of the molecule is C.CC(C)(C)c1ccc(S(=O)(=O)Nc2cc(F)c(Cl)cc2C(=O)NN)cc1.CC12COC(C3CCCOC3)(OC1)OC2.Cn1c(-c2cc(Cl)c(F)cc2NS(=O)(=O)c2ccc(C(C)(C)C)cc2)nnc1C1CCCOC1. The van der Waals surface area contributed by atoms with E-state index >= 15 is 0 Å². The topological polar surface area (TPSA) is 224 Å². The van der Waals surface area contributed by atoms with E-state index in [2.05, 4.69) is 26.6 Å². The van der Waals surface area contributed by atoms with Gasteiger partial charge in [0, 0.05) is 49.3 Å². The molecule has 0 spiro atoms. The fraction of sp³-hybridized carbons (Fsp3) is 0.491. The predicted octanol–water partition coefficient (Wildman–Crippen LogP) is 10.2. The third-order valence-electron chi connectivity index (χ3n) is 13.2. The highest BCUT2D eigenvalue weighted by Crippen LogP contribution is 2.44. The van der Waals surface area contributed by atoms with Crippen molar-refractivity contribution >= 4 is 60.5 Å². The summed E-state index contributed by atoms with van der Waals surface area (Å²) in [5, 5.41) is 8.12. The Bertz CT molecular complexity index is 3040. The van der Waals surface area contributed by atoms with Crippen molar-refractivity contribution < 1.29 is 54.1 Å². The van der Waals surface area contributed by atoms with Crippen molar-refractivity contribution in [2.24, 2.45) is 24.2 Å². The van der Waals surface area contributed by atoms with Crippen LogP contribution >= 0.6 is 23.2 Å². The van der Waals surface area contributed by atoms with E-state index in [0.29, 0.717) is 24.6 Å². The number of hydrogen-bond donors (Lipinski definition) is 4. The summed E-state index contributed by atoms with van der Waals surface area (Å²) in [5.74, 6) is 3.27. The molecule has 1 aromatic heterocycles. The van der Waals surface area contributed by atoms with E-state index in [1.165, 1.54) is 18.2 Å². The third kappa shape index (κ3) is 14.1. The molecule has 5 aliphatic heterocycles. The van der Waals surface area contributed by atoms with Crippen LogP contribution in [-0.2, 0) is 61.6 Å². The molecule has 10 rings (SSSR count). The number of halogens is 4. The summed E-state index contributed by atoms with van der Waals surface area (Å²) >= 11 is 11.7. The van der Waals surface area contributed by atoms with Crippen molar-refractivity contribution in [2.75, 3.05) is 55.7 Å². The van der Waals surface area contributed by atoms with Crippen LogP contribution in [-0.4, -0.2) is 89.7 Å². The van der Waals surface area contributed by atoms with Crippen LogP contribution in [0.15, 0.2) is 82.6 Å². The summed E-state index contributed by atoms with van der Waals surface area (Å²) in [6.45, 7) is 19.3. The number of hydrazine groups is 1. The number of nitrogens with two attached hydrogens (primary N) is 1. The van der Waals surface area contributed by atoms with Gasteiger partial charge < -0.3 is 28.3 Å². The normalized spacial score (nSPS) is 21.7. The zero-order chi connectivity index (χ0) is 54.7. The molecule has 1 amide bonds. The van der Waals surface area contributed by atoms with Crippen LogP contribution in [0.25, 0.3) is 11.4 Å². The summed E-state index contributed by atoms with van der Waals surface area (Å²) < 4.78 is 115. The molecule has 5 N–H and O–H groups in total. The number of nitrogens with one attached hydrogen (secondary N) is 3. The summed E-state index contributed by atoms with van der Waals surface area (Å²) in [6.07, 6.45) is 3.98. The standard InChI is InChI=1S/C24H28ClFN4O3S.C17H19ClFN3O3S.C11H18O4.CH4/c1-24(2,3)16-7-9-17(10-8-16)34(31,32)29-21-13-20(26)19(25)12-18(21)23-28-27-22(30(23)4)15-6-5-11-33-14-15;1-17(2,3)10-4-6-11(7-5-10)26(24,25)22-15-9-14(19)13(18)8-12(15)16(23)21-20;1-10-6-13-11(14-7-10,15-8-10)9-3-2-4-12-5-9;/h7-10,12-13,15,29H,5-6,11,14H2,1-4H3;4-9,22H,20H2,1-3H3,(H,21,23);9H,2-8H2,1H3;1H4. The molecule has 2 unspecified atom stereocenters. The maximum absolute atomic E-state index is 14.4. The molecule has 76 heavy (non-hydrogen) atoms. The highest BCUT2D eigenvalue weighted by Gasteiger charge is 2.55. The van der Waals surface area contributed by atoms with E-state index in [4.69, 9.17) is 52.7 Å². The van der Waals surface area contributed by atoms with Crippen LogP contribution < -0.4 is 20.7 Å². The Morgan fingerprint density at radius 2 is 1.20 bits per heavy atom. The molecule has 5 aromatic rings. The first-order chi connectivity index (χ1) is 35.1. The molecule has 0 radical (unpaired) electrons. The van der Waals surface area contributed by atoms with Crippen molar-refractivity contribution in [3.8, 4) is 11.4 Å². The Kier molecular flexibility index (Phi) is 19.1. The molecule has 2 bridgehead atoms. The van der Waals surface area contributed by atoms with Gasteiger partial charge in [-0.2, -0.15) is 0 Å². The average Bonchev–Trinajstić information content (AvgIpc) is 3.77. The van der Waals surface area contributed by atoms with Crippen LogP contribution in [0, 0.1) is 23.0 Å². The lowest BCUT2D eigenvalue weighted by Crippen LogP contribution is -2.63. The van der Waals surface area contributed by atoms with E-state index in [9.17, 15) is 30.4 Å². The lowest BCUT2D eigenvalue weighted by molar-refractivity contribution is -0.487. The van der Waals surface area contributed by atoms with Gasteiger partial charge >= 0.3 is 0 Å². The van der Waals surface area contributed by atoms with Gasteiger partial charge in [-0.15, -0.1) is 10.2 Å². The van der Waals surface area contributed by atoms with E-state index in [-0.39, 0.29) is 72.3 Å². The fourth-order valence-electron chi connectivity index (χ4n) is 8.71. The number of anilines is 2. The number of ether oxygens (including phenoxy) is 5. The van der Waals surface area contributed by atoms with Gasteiger partial charge in [0.25, 0.3) is 31.9 Å². The van der Waals surface area contributed by atoms with Crippen LogP contribution in [0.4, 0.5) is 20.2 Å². The van der Waals surface area contributed by atoms with Crippen LogP contribution in [0.3, 0.4) is 0 Å². The first-order valence-corrected chi connectivity index (χ1v) is 28.1. The van der Waals surface area contributed by atoms with Gasteiger partial charge in [-0.05, 0) is 84.0 Å². The second kappa shape index (κ2) is 24.1. The predicted molar refractivity (Wildman–Crippen MR) is 288 cm³/mol. The molecular formula is C53H69Cl2F2N7O10S2. The van der Waals surface area contributed by atoms with Gasteiger partial charge in [-0.25, -0.2) is 31.5 Å². The van der Waals surface area contributed by atoms with Crippen LogP contribution in [0.5, 0.6) is 0 Å². The summed E-state index contributed by atoms with van der Waals surface area (Å²) in [5.41, 5.74) is 3.52. The number of rotatable bonds is 10. The quantitative estimate of drug-likeness (QED) is 0.0581. The van der Waals surface area contributed by atoms with Crippen molar-refractivity contribution in [1.82, 2.24) is 20.2 Å². The molecule has 17 nitrogen and oxygen atoms in total. The molecular weight excluding hydrogens is 1070 g/mol. The number of sulfonamides is 2. The highest BCUT2D eigenvalue weighted by atomic mass is 35.5. The molecule has 5 saturated heterocycles. The Morgan fingerprint density at radius 3 is 1.66 bits per heavy atom. The van der Waals surface area contributed by atoms with Gasteiger partial charge in [0.2, 0.25) is 0 Å². The van der Waals surface area contributed by atoms with Crippen molar-refractivity contribution in [3.05, 3.63) is 117 Å². The third-order valence-corrected chi connectivity index (χ3v) is 16.6. The summed E-state index contributed by atoms with van der Waals surface area (Å²) in [6, 6.07) is 17.2. The van der Waals surface area contributed by atoms with E-state index < -0.39 is 43.6 Å². The zero-order valence-electron chi connectivity index (χ0n) is 43.2. The number of aromatic nitrogens is 3. The number of hydrogen-bond acceptors (Lipinski definition) is 13. The number of carbonyl (C=O) groups is 1. The largest absolute Gasteiger partial charge is 0.381 e. The van der Waals surface area contributed by atoms with E-state index in [0.717, 1.165) is 93.9 Å². The lowest BCUT2D eigenvalue weighted by atomic mass is 9.87. The highest BCUT2D eigenvalue weighted by molar-refractivity contribution is 7.93. The smallest absolute Gasteiger partial charge is 0.288 e. The van der Waals surface area contributed by atoms with Gasteiger partial charge in [0.15, 0.2) is 5.82 Å². The zero-order valence-corrected chi connectivity index (χ0v) is 46.3.